The van der Waals surface area contributed by atoms with Crippen LogP contribution in [0.5, 0.6) is 0 Å². The number of rotatable bonds is 7. The summed E-state index contributed by atoms with van der Waals surface area (Å²) in [6.45, 7) is 5.17. The Balaban J connectivity index is 1.38. The molecule has 2 aliphatic rings. The zero-order chi connectivity index (χ0) is 18.4. The Morgan fingerprint density at radius 3 is 2.46 bits per heavy atom. The first kappa shape index (κ1) is 19.4. The van der Waals surface area contributed by atoms with Gasteiger partial charge in [0.2, 0.25) is 5.91 Å². The maximum atomic E-state index is 12.4. The van der Waals surface area contributed by atoms with Crippen molar-refractivity contribution in [3.63, 3.8) is 0 Å². The molecule has 0 N–H and O–H groups in total. The van der Waals surface area contributed by atoms with Crippen molar-refractivity contribution < 1.29 is 14.3 Å². The van der Waals surface area contributed by atoms with Crippen LogP contribution in [0.15, 0.2) is 29.2 Å². The van der Waals surface area contributed by atoms with Gasteiger partial charge in [0.25, 0.3) is 0 Å². The summed E-state index contributed by atoms with van der Waals surface area (Å²) in [4.78, 5) is 30.1. The highest BCUT2D eigenvalue weighted by Gasteiger charge is 2.25. The molecule has 0 spiro atoms. The molecule has 1 aromatic carbocycles. The van der Waals surface area contributed by atoms with Crippen LogP contribution in [0.1, 0.15) is 36.0 Å². The minimum Gasteiger partial charge on any atom is -0.377 e. The smallest absolute Gasteiger partial charge is 0.223 e. The van der Waals surface area contributed by atoms with Gasteiger partial charge < -0.3 is 9.64 Å². The second-order valence-corrected chi connectivity index (χ2v) is 7.85. The van der Waals surface area contributed by atoms with Gasteiger partial charge in [0, 0.05) is 62.6 Å². The number of carbonyl (C=O) groups is 2. The molecule has 2 saturated heterocycles. The quantitative estimate of drug-likeness (QED) is 0.541. The number of hydrogen-bond donors (Lipinski definition) is 0. The van der Waals surface area contributed by atoms with Crippen molar-refractivity contribution in [3.05, 3.63) is 29.8 Å². The van der Waals surface area contributed by atoms with Crippen molar-refractivity contribution in [1.29, 1.82) is 0 Å². The highest BCUT2D eigenvalue weighted by atomic mass is 32.2. The van der Waals surface area contributed by atoms with Gasteiger partial charge in [0.05, 0.1) is 6.10 Å². The van der Waals surface area contributed by atoms with Gasteiger partial charge >= 0.3 is 0 Å². The maximum absolute atomic E-state index is 12.4. The molecule has 2 aliphatic heterocycles. The van der Waals surface area contributed by atoms with Gasteiger partial charge in [-0.25, -0.2) is 0 Å². The topological polar surface area (TPSA) is 49.9 Å². The maximum Gasteiger partial charge on any atom is 0.223 e. The summed E-state index contributed by atoms with van der Waals surface area (Å²) in [7, 11) is 0. The lowest BCUT2D eigenvalue weighted by Crippen LogP contribution is -2.50. The minimum atomic E-state index is 0.0445. The number of thioether (sulfide) groups is 1. The van der Waals surface area contributed by atoms with Crippen molar-refractivity contribution in [2.24, 2.45) is 0 Å². The number of nitrogens with zero attached hydrogens (tertiary/aromatic N) is 2. The van der Waals surface area contributed by atoms with E-state index < -0.39 is 0 Å². The van der Waals surface area contributed by atoms with Gasteiger partial charge in [-0.15, -0.1) is 11.8 Å². The molecule has 6 heteroatoms. The predicted molar refractivity (Wildman–Crippen MR) is 104 cm³/mol. The van der Waals surface area contributed by atoms with Crippen LogP contribution in [0.2, 0.25) is 0 Å². The van der Waals surface area contributed by atoms with Crippen LogP contribution in [0.3, 0.4) is 0 Å². The molecule has 0 aliphatic carbocycles. The summed E-state index contributed by atoms with van der Waals surface area (Å²) in [5, 5.41) is 0. The lowest BCUT2D eigenvalue weighted by atomic mass is 10.1. The highest BCUT2D eigenvalue weighted by Crippen LogP contribution is 2.17. The number of ether oxygens (including phenoxy) is 1. The van der Waals surface area contributed by atoms with Gasteiger partial charge in [-0.1, -0.05) is 12.1 Å². The van der Waals surface area contributed by atoms with Crippen LogP contribution < -0.4 is 0 Å². The van der Waals surface area contributed by atoms with Crippen molar-refractivity contribution in [3.8, 4) is 0 Å². The summed E-state index contributed by atoms with van der Waals surface area (Å²) >= 11 is 1.65. The molecular formula is C20H28N2O3S. The zero-order valence-electron chi connectivity index (χ0n) is 15.5. The summed E-state index contributed by atoms with van der Waals surface area (Å²) < 4.78 is 5.69. The fourth-order valence-electron chi connectivity index (χ4n) is 3.56. The second-order valence-electron chi connectivity index (χ2n) is 6.97. The number of hydrogen-bond acceptors (Lipinski definition) is 5. The van der Waals surface area contributed by atoms with Gasteiger partial charge in [-0.3, -0.25) is 14.5 Å². The first-order valence-corrected chi connectivity index (χ1v) is 10.7. The zero-order valence-corrected chi connectivity index (χ0v) is 16.3. The van der Waals surface area contributed by atoms with Gasteiger partial charge in [-0.05, 0) is 31.2 Å². The molecular weight excluding hydrogens is 348 g/mol. The number of carbonyl (C=O) groups excluding carboxylic acids is 2. The Hall–Kier alpha value is -1.37. The minimum absolute atomic E-state index is 0.0445. The average Bonchev–Trinajstić information content (AvgIpc) is 3.19. The molecule has 3 rings (SSSR count). The van der Waals surface area contributed by atoms with E-state index in [0.29, 0.717) is 18.1 Å². The average molecular weight is 377 g/mol. The van der Waals surface area contributed by atoms with E-state index in [0.717, 1.165) is 57.1 Å². The van der Waals surface area contributed by atoms with E-state index in [-0.39, 0.29) is 18.1 Å². The number of benzene rings is 1. The van der Waals surface area contributed by atoms with Crippen molar-refractivity contribution in [1.82, 2.24) is 9.80 Å². The van der Waals surface area contributed by atoms with Crippen molar-refractivity contribution in [2.75, 3.05) is 45.6 Å². The Morgan fingerprint density at radius 1 is 1.12 bits per heavy atom. The van der Waals surface area contributed by atoms with Gasteiger partial charge in [0.1, 0.15) is 0 Å². The third-order valence-electron chi connectivity index (χ3n) is 5.19. The molecule has 2 heterocycles. The number of Topliss-reactive ketones (excluding diaryl/α,β-unsaturated/α-hetero) is 1. The summed E-state index contributed by atoms with van der Waals surface area (Å²) in [6.07, 6.45) is 5.28. The molecule has 26 heavy (non-hydrogen) atoms. The molecule has 0 aromatic heterocycles. The summed E-state index contributed by atoms with van der Waals surface area (Å²) in [5.41, 5.74) is 0.692. The third kappa shape index (κ3) is 5.32. The molecule has 2 fully saturated rings. The highest BCUT2D eigenvalue weighted by molar-refractivity contribution is 7.98. The lowest BCUT2D eigenvalue weighted by molar-refractivity contribution is -0.133. The fourth-order valence-corrected chi connectivity index (χ4v) is 3.96. The molecule has 0 saturated carbocycles. The van der Waals surface area contributed by atoms with E-state index in [4.69, 9.17) is 4.74 Å². The van der Waals surface area contributed by atoms with Crippen LogP contribution in [0, 0.1) is 0 Å². The van der Waals surface area contributed by atoms with Crippen LogP contribution in [0.25, 0.3) is 0 Å². The molecule has 1 amide bonds. The number of amides is 1. The molecule has 142 valence electrons. The van der Waals surface area contributed by atoms with Gasteiger partial charge in [-0.2, -0.15) is 0 Å². The van der Waals surface area contributed by atoms with Crippen LogP contribution in [0.4, 0.5) is 0 Å². The molecule has 5 nitrogen and oxygen atoms in total. The SMILES string of the molecule is CSc1ccc(C(=O)CCC(=O)N2CCN(C[C@H]3CCCO3)CC2)cc1. The second kappa shape index (κ2) is 9.53. The van der Waals surface area contributed by atoms with E-state index >= 15 is 0 Å². The molecule has 0 bridgehead atoms. The van der Waals surface area contributed by atoms with Crippen LogP contribution in [-0.2, 0) is 9.53 Å². The standard InChI is InChI=1S/C20H28N2O3S/c1-26-18-6-4-16(5-7-18)19(23)8-9-20(24)22-12-10-21(11-13-22)15-17-3-2-14-25-17/h4-7,17H,2-3,8-15H2,1H3/t17-/m1/s1. The Kier molecular flexibility index (Phi) is 7.11. The Bertz CT molecular complexity index is 606. The largest absolute Gasteiger partial charge is 0.377 e. The van der Waals surface area contributed by atoms with E-state index in [1.165, 1.54) is 0 Å². The van der Waals surface area contributed by atoms with Crippen molar-refractivity contribution in [2.45, 2.75) is 36.7 Å². The first-order valence-electron chi connectivity index (χ1n) is 9.44. The Morgan fingerprint density at radius 2 is 1.85 bits per heavy atom. The molecule has 1 atom stereocenters. The predicted octanol–water partition coefficient (Wildman–Crippen LogP) is 2.69. The van der Waals surface area contributed by atoms with Crippen LogP contribution in [-0.4, -0.2) is 73.2 Å². The lowest BCUT2D eigenvalue weighted by Gasteiger charge is -2.35. The third-order valence-corrected chi connectivity index (χ3v) is 5.93. The summed E-state index contributed by atoms with van der Waals surface area (Å²) in [5.74, 6) is 0.138. The van der Waals surface area contributed by atoms with E-state index in [2.05, 4.69) is 4.90 Å². The molecule has 0 radical (unpaired) electrons. The normalized spacial score (nSPS) is 21.1. The Labute approximate surface area is 160 Å². The number of piperazine rings is 1. The van der Waals surface area contributed by atoms with E-state index in [1.54, 1.807) is 11.8 Å². The van der Waals surface area contributed by atoms with E-state index in [9.17, 15) is 9.59 Å². The molecule has 0 unspecified atom stereocenters. The monoisotopic (exact) mass is 376 g/mol. The molecule has 1 aromatic rings. The number of ketones is 1. The van der Waals surface area contributed by atoms with Gasteiger partial charge in [0.15, 0.2) is 5.78 Å². The van der Waals surface area contributed by atoms with E-state index in [1.807, 2.05) is 35.4 Å². The summed E-state index contributed by atoms with van der Waals surface area (Å²) in [6, 6.07) is 7.60. The van der Waals surface area contributed by atoms with Crippen LogP contribution >= 0.6 is 11.8 Å². The van der Waals surface area contributed by atoms with Crippen molar-refractivity contribution >= 4 is 23.5 Å². The first-order chi connectivity index (χ1) is 12.7. The fraction of sp³-hybridized carbons (Fsp3) is 0.600.